The van der Waals surface area contributed by atoms with Crippen LogP contribution in [0.4, 0.5) is 4.79 Å². The van der Waals surface area contributed by atoms with Crippen molar-refractivity contribution >= 4 is 50.3 Å². The molecule has 1 unspecified atom stereocenters. The number of aliphatic hydroxyl groups excluding tert-OH is 3. The van der Waals surface area contributed by atoms with Crippen LogP contribution in [0.5, 0.6) is 5.75 Å². The number of ether oxygens (including phenoxy) is 5. The highest BCUT2D eigenvalue weighted by atomic mass is 127. The summed E-state index contributed by atoms with van der Waals surface area (Å²) < 4.78 is 26.3. The van der Waals surface area contributed by atoms with Crippen LogP contribution in [0.25, 0.3) is 0 Å². The van der Waals surface area contributed by atoms with E-state index in [0.29, 0.717) is 38.2 Å². The molecule has 0 aromatic heterocycles. The zero-order valence-electron chi connectivity index (χ0n) is 24.0. The highest BCUT2D eigenvalue weighted by Gasteiger charge is 2.48. The molecule has 16 nitrogen and oxygen atoms in total. The van der Waals surface area contributed by atoms with E-state index < -0.39 is 52.5 Å². The fourth-order valence-corrected chi connectivity index (χ4v) is 4.50. The number of nitrogens with zero attached hydrogens (tertiary/aromatic N) is 1. The Kier molecular flexibility index (Phi) is 14.6. The molecule has 5 N–H and O–H groups in total. The Morgan fingerprint density at radius 2 is 1.64 bits per heavy atom. The minimum atomic E-state index is -1.86. The van der Waals surface area contributed by atoms with Crippen molar-refractivity contribution in [2.24, 2.45) is 0 Å². The third-order valence-corrected chi connectivity index (χ3v) is 6.99. The van der Waals surface area contributed by atoms with Gasteiger partial charge in [0.25, 0.3) is 11.8 Å². The highest BCUT2D eigenvalue weighted by molar-refractivity contribution is 14.1. The molecule has 1 aromatic carbocycles. The SMILES string of the molecule is O=C(CCN1C(=O)C=CC1=O)NCCOCCOCCCc1ccc(OC2O[C@H](C(=O)O)[C@@H](O)[C@H](O)[C@H]2O)c(COC(=O)I)c1. The molecular weight excluding hydrogens is 715 g/mol. The summed E-state index contributed by atoms with van der Waals surface area (Å²) >= 11 is 1.46. The summed E-state index contributed by atoms with van der Waals surface area (Å²) in [6.45, 7) is 1.40. The number of amides is 3. The van der Waals surface area contributed by atoms with Gasteiger partial charge < -0.3 is 49.4 Å². The number of hydrogen-bond donors (Lipinski definition) is 5. The van der Waals surface area contributed by atoms with E-state index in [1.165, 1.54) is 28.7 Å². The number of nitrogens with one attached hydrogen (secondary N) is 1. The monoisotopic (exact) mass is 750 g/mol. The predicted octanol–water partition coefficient (Wildman–Crippen LogP) is -0.574. The van der Waals surface area contributed by atoms with E-state index in [0.717, 1.165) is 22.6 Å². The van der Waals surface area contributed by atoms with Gasteiger partial charge in [0.05, 0.1) is 42.4 Å². The molecule has 2 heterocycles. The minimum Gasteiger partial charge on any atom is -0.479 e. The summed E-state index contributed by atoms with van der Waals surface area (Å²) in [5, 5.41) is 42.1. The molecule has 0 aliphatic carbocycles. The second-order valence-electron chi connectivity index (χ2n) is 9.91. The van der Waals surface area contributed by atoms with Crippen LogP contribution < -0.4 is 10.1 Å². The number of carboxylic acids is 1. The molecule has 45 heavy (non-hydrogen) atoms. The number of rotatable bonds is 18. The van der Waals surface area contributed by atoms with E-state index in [2.05, 4.69) is 5.32 Å². The molecular formula is C28H35IN2O14. The van der Waals surface area contributed by atoms with Crippen LogP contribution in [0.15, 0.2) is 30.4 Å². The van der Waals surface area contributed by atoms with Gasteiger partial charge in [0.15, 0.2) is 6.10 Å². The van der Waals surface area contributed by atoms with Crippen LogP contribution in [0.1, 0.15) is 24.0 Å². The van der Waals surface area contributed by atoms with E-state index in [1.54, 1.807) is 12.1 Å². The quantitative estimate of drug-likeness (QED) is 0.0548. The minimum absolute atomic E-state index is 0.00332. The zero-order chi connectivity index (χ0) is 32.9. The number of halogens is 1. The smallest absolute Gasteiger partial charge is 0.367 e. The van der Waals surface area contributed by atoms with Crippen molar-refractivity contribution in [3.63, 3.8) is 0 Å². The number of aryl methyl sites for hydroxylation is 1. The molecule has 0 radical (unpaired) electrons. The largest absolute Gasteiger partial charge is 0.479 e. The molecule has 17 heteroatoms. The van der Waals surface area contributed by atoms with E-state index in [4.69, 9.17) is 23.7 Å². The molecule has 1 fully saturated rings. The number of carbonyl (C=O) groups is 5. The molecule has 2 aliphatic heterocycles. The lowest BCUT2D eigenvalue weighted by Gasteiger charge is -2.38. The molecule has 1 aromatic rings. The molecule has 5 atom stereocenters. The van der Waals surface area contributed by atoms with Crippen molar-refractivity contribution < 1.29 is 68.1 Å². The van der Waals surface area contributed by atoms with Crippen molar-refractivity contribution in [1.29, 1.82) is 0 Å². The first kappa shape index (κ1) is 36.3. The number of benzene rings is 1. The van der Waals surface area contributed by atoms with Crippen LogP contribution in [0.3, 0.4) is 0 Å². The lowest BCUT2D eigenvalue weighted by Crippen LogP contribution is -2.61. The molecule has 0 spiro atoms. The Morgan fingerprint density at radius 3 is 2.31 bits per heavy atom. The predicted molar refractivity (Wildman–Crippen MR) is 159 cm³/mol. The molecule has 0 bridgehead atoms. The van der Waals surface area contributed by atoms with Crippen molar-refractivity contribution in [3.05, 3.63) is 41.5 Å². The lowest BCUT2D eigenvalue weighted by molar-refractivity contribution is -0.271. The van der Waals surface area contributed by atoms with Gasteiger partial charge in [-0.1, -0.05) is 6.07 Å². The molecule has 248 valence electrons. The zero-order valence-corrected chi connectivity index (χ0v) is 26.2. The summed E-state index contributed by atoms with van der Waals surface area (Å²) in [4.78, 5) is 58.6. The lowest BCUT2D eigenvalue weighted by atomic mass is 9.99. The van der Waals surface area contributed by atoms with Crippen molar-refractivity contribution in [3.8, 4) is 5.75 Å². The number of aliphatic carboxylic acids is 1. The number of hydrogen-bond acceptors (Lipinski definition) is 13. The third-order valence-electron chi connectivity index (χ3n) is 6.68. The fraction of sp³-hybridized carbons (Fsp3) is 0.536. The molecule has 3 amide bonds. The van der Waals surface area contributed by atoms with Gasteiger partial charge >= 0.3 is 9.95 Å². The Labute approximate surface area is 271 Å². The van der Waals surface area contributed by atoms with Gasteiger partial charge in [-0.2, -0.15) is 0 Å². The van der Waals surface area contributed by atoms with Gasteiger partial charge in [0, 0.05) is 43.8 Å². The summed E-state index contributed by atoms with van der Waals surface area (Å²) in [5.74, 6) is -2.60. The van der Waals surface area contributed by atoms with Crippen molar-refractivity contribution in [2.45, 2.75) is 56.6 Å². The second kappa shape index (κ2) is 18.1. The standard InChI is InChI=1S/C28H35IN2O14/c29-28(40)43-15-17-14-16(3-4-18(17)44-27-24(37)22(35)23(36)25(45-27)26(38)39)2-1-10-41-12-13-42-11-8-30-19(32)7-9-31-20(33)5-6-21(31)34/h3-6,14,22-25,27,35-37H,1-2,7-13,15H2,(H,30,32)(H,38,39)/t22-,23-,24+,25-,27?/m0/s1. The van der Waals surface area contributed by atoms with Crippen molar-refractivity contribution in [2.75, 3.05) is 39.5 Å². The maximum Gasteiger partial charge on any atom is 0.367 e. The number of carboxylic acid groups (broad SMARTS) is 1. The Balaban J connectivity index is 1.35. The Bertz CT molecular complexity index is 1230. The maximum absolute atomic E-state index is 11.9. The van der Waals surface area contributed by atoms with Crippen LogP contribution in [-0.2, 0) is 51.2 Å². The van der Waals surface area contributed by atoms with E-state index >= 15 is 0 Å². The van der Waals surface area contributed by atoms with Gasteiger partial charge in [0.2, 0.25) is 12.2 Å². The summed E-state index contributed by atoms with van der Waals surface area (Å²) in [6, 6.07) is 4.96. The summed E-state index contributed by atoms with van der Waals surface area (Å²) in [5.41, 5.74) is 1.24. The van der Waals surface area contributed by atoms with E-state index in [1.807, 2.05) is 0 Å². The van der Waals surface area contributed by atoms with E-state index in [-0.39, 0.29) is 44.4 Å². The summed E-state index contributed by atoms with van der Waals surface area (Å²) in [6.07, 6.45) is -5.35. The normalized spacial score (nSPS) is 22.8. The average Bonchev–Trinajstić information content (AvgIpc) is 3.32. The first-order valence-corrected chi connectivity index (χ1v) is 15.0. The van der Waals surface area contributed by atoms with E-state index in [9.17, 15) is 44.4 Å². The fourth-order valence-electron chi connectivity index (χ4n) is 4.34. The second-order valence-corrected chi connectivity index (χ2v) is 10.8. The maximum atomic E-state index is 11.9. The molecule has 2 aliphatic rings. The Morgan fingerprint density at radius 1 is 0.956 bits per heavy atom. The van der Waals surface area contributed by atoms with Gasteiger partial charge in [0.1, 0.15) is 30.7 Å². The topological polar surface area (TPSA) is 228 Å². The molecule has 0 saturated carbocycles. The Hall–Kier alpha value is -3.20. The number of carbonyl (C=O) groups excluding carboxylic acids is 4. The van der Waals surface area contributed by atoms with Crippen molar-refractivity contribution in [1.82, 2.24) is 10.2 Å². The van der Waals surface area contributed by atoms with Gasteiger partial charge in [-0.3, -0.25) is 19.3 Å². The molecule has 1 saturated heterocycles. The van der Waals surface area contributed by atoms with Crippen LogP contribution in [0, 0.1) is 0 Å². The number of imide groups is 1. The van der Waals surface area contributed by atoms with Gasteiger partial charge in [-0.05, 0) is 30.5 Å². The van der Waals surface area contributed by atoms with Crippen LogP contribution >= 0.6 is 22.6 Å². The number of aliphatic hydroxyl groups is 3. The van der Waals surface area contributed by atoms with Gasteiger partial charge in [-0.25, -0.2) is 9.59 Å². The first-order valence-electron chi connectivity index (χ1n) is 14.0. The third kappa shape index (κ3) is 11.3. The average molecular weight is 750 g/mol. The highest BCUT2D eigenvalue weighted by Crippen LogP contribution is 2.28. The molecule has 3 rings (SSSR count). The summed E-state index contributed by atoms with van der Waals surface area (Å²) in [7, 11) is 0. The first-order chi connectivity index (χ1) is 21.5. The van der Waals surface area contributed by atoms with Crippen LogP contribution in [-0.4, -0.2) is 123 Å². The van der Waals surface area contributed by atoms with Gasteiger partial charge in [-0.15, -0.1) is 0 Å². The van der Waals surface area contributed by atoms with Crippen LogP contribution in [0.2, 0.25) is 0 Å².